The van der Waals surface area contributed by atoms with Crippen LogP contribution in [0.4, 0.5) is 13.2 Å². The van der Waals surface area contributed by atoms with Crippen molar-refractivity contribution in [2.24, 2.45) is 0 Å². The molecule has 0 radical (unpaired) electrons. The van der Waals surface area contributed by atoms with Gasteiger partial charge in [0.15, 0.2) is 0 Å². The molecule has 1 aliphatic heterocycles. The monoisotopic (exact) mass is 399 g/mol. The molecule has 0 saturated carbocycles. The number of nitrogens with zero attached hydrogens (tertiary/aromatic N) is 1. The summed E-state index contributed by atoms with van der Waals surface area (Å²) in [6, 6.07) is 9.85. The molecule has 0 aliphatic carbocycles. The van der Waals surface area contributed by atoms with Gasteiger partial charge in [0.1, 0.15) is 0 Å². The highest BCUT2D eigenvalue weighted by molar-refractivity contribution is 7.16. The van der Waals surface area contributed by atoms with Gasteiger partial charge in [-0.05, 0) is 29.2 Å². The second-order valence-corrected chi connectivity index (χ2v) is 7.90. The lowest BCUT2D eigenvalue weighted by Gasteiger charge is -2.33. The van der Waals surface area contributed by atoms with Crippen LogP contribution >= 0.6 is 22.9 Å². The number of aryl methyl sites for hydroxylation is 1. The van der Waals surface area contributed by atoms with Crippen LogP contribution in [0.15, 0.2) is 42.5 Å². The summed E-state index contributed by atoms with van der Waals surface area (Å²) in [5.74, 6) is -0.738. The number of carbonyl (C=O) groups excluding carboxylic acids is 1. The van der Waals surface area contributed by atoms with Gasteiger partial charge in [0.25, 0.3) is 0 Å². The fourth-order valence-corrected chi connectivity index (χ4v) is 4.64. The van der Waals surface area contributed by atoms with E-state index in [9.17, 15) is 18.0 Å². The predicted molar refractivity (Wildman–Crippen MR) is 97.6 cm³/mol. The molecule has 1 amide bonds. The van der Waals surface area contributed by atoms with Crippen molar-refractivity contribution in [2.75, 3.05) is 6.54 Å². The highest BCUT2D eigenvalue weighted by Crippen LogP contribution is 2.41. The number of allylic oxidation sites excluding steroid dienone is 1. The molecule has 1 aromatic heterocycles. The summed E-state index contributed by atoms with van der Waals surface area (Å²) in [6.07, 6.45) is -3.08. The van der Waals surface area contributed by atoms with E-state index in [1.165, 1.54) is 16.2 Å². The summed E-state index contributed by atoms with van der Waals surface area (Å²) in [5.41, 5.74) is 3.30. The SMILES string of the molecule is CCc1ccccc1[C@H]1CN(C(=O)/C=C/C(F)(F)F)Cc2sc(Cl)cc21. The van der Waals surface area contributed by atoms with Gasteiger partial charge in [0.2, 0.25) is 5.91 Å². The minimum atomic E-state index is -4.50. The molecule has 0 bridgehead atoms. The highest BCUT2D eigenvalue weighted by atomic mass is 35.5. The summed E-state index contributed by atoms with van der Waals surface area (Å²) < 4.78 is 37.8. The Morgan fingerprint density at radius 3 is 2.77 bits per heavy atom. The van der Waals surface area contributed by atoms with Crippen molar-refractivity contribution < 1.29 is 18.0 Å². The van der Waals surface area contributed by atoms with Gasteiger partial charge in [-0.2, -0.15) is 13.2 Å². The smallest absolute Gasteiger partial charge is 0.333 e. The van der Waals surface area contributed by atoms with Crippen LogP contribution in [0.2, 0.25) is 4.34 Å². The average Bonchev–Trinajstić information content (AvgIpc) is 2.98. The van der Waals surface area contributed by atoms with Crippen LogP contribution < -0.4 is 0 Å². The molecule has 0 spiro atoms. The number of hydrogen-bond donors (Lipinski definition) is 0. The van der Waals surface area contributed by atoms with E-state index in [0.717, 1.165) is 28.0 Å². The molecule has 7 heteroatoms. The van der Waals surface area contributed by atoms with Gasteiger partial charge in [0.05, 0.1) is 10.9 Å². The highest BCUT2D eigenvalue weighted by Gasteiger charge is 2.32. The van der Waals surface area contributed by atoms with Gasteiger partial charge in [-0.3, -0.25) is 4.79 Å². The number of carbonyl (C=O) groups is 1. The van der Waals surface area contributed by atoms with Gasteiger partial charge in [-0.25, -0.2) is 0 Å². The Bertz CT molecular complexity index is 844. The second kappa shape index (κ2) is 7.45. The van der Waals surface area contributed by atoms with Crippen LogP contribution in [-0.4, -0.2) is 23.5 Å². The number of alkyl halides is 3. The van der Waals surface area contributed by atoms with Crippen molar-refractivity contribution in [3.63, 3.8) is 0 Å². The van der Waals surface area contributed by atoms with Crippen LogP contribution in [0.3, 0.4) is 0 Å². The minimum Gasteiger partial charge on any atom is -0.333 e. The Hall–Kier alpha value is -1.79. The summed E-state index contributed by atoms with van der Waals surface area (Å²) >= 11 is 7.55. The number of fused-ring (bicyclic) bond motifs is 1. The zero-order valence-corrected chi connectivity index (χ0v) is 15.6. The van der Waals surface area contributed by atoms with Gasteiger partial charge in [-0.1, -0.05) is 42.8 Å². The Labute approximate surface area is 158 Å². The average molecular weight is 400 g/mol. The van der Waals surface area contributed by atoms with Crippen molar-refractivity contribution in [2.45, 2.75) is 32.0 Å². The first-order chi connectivity index (χ1) is 12.3. The Kier molecular flexibility index (Phi) is 5.44. The molecule has 26 heavy (non-hydrogen) atoms. The summed E-state index contributed by atoms with van der Waals surface area (Å²) in [7, 11) is 0. The molecule has 1 atom stereocenters. The number of hydrogen-bond acceptors (Lipinski definition) is 2. The summed E-state index contributed by atoms with van der Waals surface area (Å²) in [5, 5.41) is 0. The molecule has 2 nitrogen and oxygen atoms in total. The molecule has 3 rings (SSSR count). The third kappa shape index (κ3) is 4.13. The quantitative estimate of drug-likeness (QED) is 0.619. The van der Waals surface area contributed by atoms with Crippen LogP contribution in [0.1, 0.15) is 34.4 Å². The van der Waals surface area contributed by atoms with E-state index < -0.39 is 12.1 Å². The number of amides is 1. The zero-order valence-electron chi connectivity index (χ0n) is 14.0. The molecular formula is C19H17ClF3NOS. The van der Waals surface area contributed by atoms with Crippen molar-refractivity contribution in [1.29, 1.82) is 0 Å². The Morgan fingerprint density at radius 2 is 2.08 bits per heavy atom. The molecule has 138 valence electrons. The molecule has 0 fully saturated rings. The summed E-state index contributed by atoms with van der Waals surface area (Å²) in [6.45, 7) is 2.66. The number of rotatable bonds is 3. The van der Waals surface area contributed by atoms with Crippen molar-refractivity contribution in [3.05, 3.63) is 68.4 Å². The fraction of sp³-hybridized carbons (Fsp3) is 0.316. The van der Waals surface area contributed by atoms with E-state index >= 15 is 0 Å². The first-order valence-corrected chi connectivity index (χ1v) is 9.38. The number of benzene rings is 1. The lowest BCUT2D eigenvalue weighted by Crippen LogP contribution is -2.37. The van der Waals surface area contributed by atoms with E-state index in [1.807, 2.05) is 30.3 Å². The standard InChI is InChI=1S/C19H17ClF3NOS/c1-2-12-5-3-4-6-13(12)15-10-24(18(25)7-8-19(21,22)23)11-16-14(15)9-17(20)26-16/h3-9,15H,2,10-11H2,1H3/b8-7+/t15-/m1/s1. The fourth-order valence-electron chi connectivity index (χ4n) is 3.29. The van der Waals surface area contributed by atoms with Gasteiger partial charge >= 0.3 is 6.18 Å². The van der Waals surface area contributed by atoms with E-state index in [4.69, 9.17) is 11.6 Å². The third-order valence-corrected chi connectivity index (χ3v) is 5.73. The van der Waals surface area contributed by atoms with Crippen molar-refractivity contribution in [1.82, 2.24) is 4.90 Å². The number of thiophene rings is 1. The van der Waals surface area contributed by atoms with E-state index in [-0.39, 0.29) is 18.5 Å². The van der Waals surface area contributed by atoms with Gasteiger partial charge in [-0.15, -0.1) is 11.3 Å². The molecule has 0 N–H and O–H groups in total. The maximum absolute atomic E-state index is 12.4. The normalized spacial score (nSPS) is 17.6. The van der Waals surface area contributed by atoms with Crippen molar-refractivity contribution in [3.8, 4) is 0 Å². The van der Waals surface area contributed by atoms with E-state index in [2.05, 4.69) is 6.92 Å². The molecule has 1 aromatic carbocycles. The maximum Gasteiger partial charge on any atom is 0.409 e. The van der Waals surface area contributed by atoms with E-state index in [1.54, 1.807) is 0 Å². The van der Waals surface area contributed by atoms with Crippen LogP contribution in [0.25, 0.3) is 0 Å². The van der Waals surface area contributed by atoms with Gasteiger partial charge in [0, 0.05) is 29.5 Å². The number of halogens is 4. The molecule has 2 aromatic rings. The minimum absolute atomic E-state index is 0.0127. The Morgan fingerprint density at radius 1 is 1.35 bits per heavy atom. The zero-order chi connectivity index (χ0) is 18.9. The maximum atomic E-state index is 12.4. The van der Waals surface area contributed by atoms with Crippen molar-refractivity contribution >= 4 is 28.8 Å². The molecule has 0 unspecified atom stereocenters. The molecular weight excluding hydrogens is 383 g/mol. The van der Waals surface area contributed by atoms with Crippen LogP contribution in [0.5, 0.6) is 0 Å². The van der Waals surface area contributed by atoms with Crippen LogP contribution in [0, 0.1) is 0 Å². The van der Waals surface area contributed by atoms with Gasteiger partial charge < -0.3 is 4.90 Å². The predicted octanol–water partition coefficient (Wildman–Crippen LogP) is 5.56. The largest absolute Gasteiger partial charge is 0.409 e. The lowest BCUT2D eigenvalue weighted by atomic mass is 9.85. The molecule has 1 aliphatic rings. The third-order valence-electron chi connectivity index (χ3n) is 4.46. The first kappa shape index (κ1) is 19.0. The second-order valence-electron chi connectivity index (χ2n) is 6.13. The first-order valence-electron chi connectivity index (χ1n) is 8.19. The Balaban J connectivity index is 1.97. The van der Waals surface area contributed by atoms with E-state index in [0.29, 0.717) is 17.0 Å². The topological polar surface area (TPSA) is 20.3 Å². The summed E-state index contributed by atoms with van der Waals surface area (Å²) in [4.78, 5) is 14.7. The lowest BCUT2D eigenvalue weighted by molar-refractivity contribution is -0.127. The molecule has 0 saturated heterocycles. The molecule has 2 heterocycles. The van der Waals surface area contributed by atoms with Crippen LogP contribution in [-0.2, 0) is 17.8 Å².